The number of hydrogen-bond acceptors (Lipinski definition) is 4. The fourth-order valence-electron chi connectivity index (χ4n) is 5.29. The maximum Gasteiger partial charge on any atom is 0.137 e. The van der Waals surface area contributed by atoms with E-state index in [9.17, 15) is 9.32 Å². The molecule has 1 aliphatic heterocycles. The molecule has 0 radical (unpaired) electrons. The van der Waals surface area contributed by atoms with E-state index < -0.39 is 16.0 Å². The van der Waals surface area contributed by atoms with Gasteiger partial charge in [0.15, 0.2) is 0 Å². The topological polar surface area (TPSA) is 64.9 Å². The van der Waals surface area contributed by atoms with Crippen LogP contribution < -0.4 is 9.62 Å². The maximum absolute atomic E-state index is 13.8. The molecule has 0 spiro atoms. The number of benzene rings is 3. The van der Waals surface area contributed by atoms with Crippen molar-refractivity contribution in [3.05, 3.63) is 88.9 Å². The predicted octanol–water partition coefficient (Wildman–Crippen LogP) is 5.52. The molecular formula is C27H30ClN3O2S. The highest BCUT2D eigenvalue weighted by molar-refractivity contribution is 7.91. The summed E-state index contributed by atoms with van der Waals surface area (Å²) in [7, 11) is -1.35. The number of rotatable bonds is 4. The van der Waals surface area contributed by atoms with E-state index in [1.165, 1.54) is 11.1 Å². The Morgan fingerprint density at radius 3 is 2.12 bits per heavy atom. The van der Waals surface area contributed by atoms with Crippen LogP contribution in [0.2, 0.25) is 5.02 Å². The second kappa shape index (κ2) is 9.70. The SMILES string of the molecule is CN=S(=O)(NC1CCCC(N2c3ccccc3CCc3ccccc32)C1O)c1ccc(Cl)cc1. The molecule has 0 aromatic heterocycles. The Morgan fingerprint density at radius 2 is 1.53 bits per heavy atom. The number of aliphatic hydroxyl groups excluding tert-OH is 1. The van der Waals surface area contributed by atoms with Crippen molar-refractivity contribution < 1.29 is 9.32 Å². The van der Waals surface area contributed by atoms with E-state index in [0.29, 0.717) is 9.92 Å². The molecule has 2 aliphatic rings. The molecule has 7 heteroatoms. The average Bonchev–Trinajstić information content (AvgIpc) is 3.03. The van der Waals surface area contributed by atoms with E-state index in [2.05, 4.69) is 62.5 Å². The third-order valence-corrected chi connectivity index (χ3v) is 9.32. The van der Waals surface area contributed by atoms with Crippen LogP contribution in [0.25, 0.3) is 0 Å². The van der Waals surface area contributed by atoms with Crippen LogP contribution in [0.5, 0.6) is 0 Å². The lowest BCUT2D eigenvalue weighted by Crippen LogP contribution is -2.55. The minimum absolute atomic E-state index is 0.141. The summed E-state index contributed by atoms with van der Waals surface area (Å²) >= 11 is 6.03. The smallest absolute Gasteiger partial charge is 0.137 e. The van der Waals surface area contributed by atoms with Crippen LogP contribution in [0, 0.1) is 0 Å². The molecule has 0 saturated heterocycles. The molecule has 4 atom stereocenters. The summed E-state index contributed by atoms with van der Waals surface area (Å²) in [6, 6.07) is 23.4. The highest BCUT2D eigenvalue weighted by Crippen LogP contribution is 2.41. The third-order valence-electron chi connectivity index (χ3n) is 7.02. The van der Waals surface area contributed by atoms with Gasteiger partial charge in [0.1, 0.15) is 9.92 Å². The highest BCUT2D eigenvalue weighted by atomic mass is 35.5. The summed E-state index contributed by atoms with van der Waals surface area (Å²) in [6.07, 6.45) is 3.71. The summed E-state index contributed by atoms with van der Waals surface area (Å²) in [5, 5.41) is 12.3. The number of anilines is 2. The number of hydrogen-bond donors (Lipinski definition) is 2. The van der Waals surface area contributed by atoms with Crippen LogP contribution in [0.15, 0.2) is 82.1 Å². The van der Waals surface area contributed by atoms with Gasteiger partial charge in [-0.2, -0.15) is 0 Å². The van der Waals surface area contributed by atoms with Gasteiger partial charge in [0.2, 0.25) is 0 Å². The standard InChI is InChI=1S/C27H30ClN3O2S/c1-29-34(33,22-17-15-21(28)16-18-22)30-23-9-6-12-26(27(23)32)31-24-10-4-2-7-19(24)13-14-20-8-3-5-11-25(20)31/h2-5,7-8,10-11,15-18,23,26-27,32H,6,9,12-14H2,1H3,(H,29,30,33). The van der Waals surface area contributed by atoms with Crippen LogP contribution in [-0.4, -0.2) is 34.6 Å². The Hall–Kier alpha value is -2.38. The number of para-hydroxylation sites is 2. The van der Waals surface area contributed by atoms with Crippen molar-refractivity contribution in [2.24, 2.45) is 4.36 Å². The van der Waals surface area contributed by atoms with Gasteiger partial charge in [0.05, 0.1) is 17.0 Å². The van der Waals surface area contributed by atoms with E-state index in [-0.39, 0.29) is 12.1 Å². The van der Waals surface area contributed by atoms with Gasteiger partial charge in [-0.1, -0.05) is 48.0 Å². The lowest BCUT2D eigenvalue weighted by atomic mass is 9.86. The number of fused-ring (bicyclic) bond motifs is 2. The van der Waals surface area contributed by atoms with Crippen molar-refractivity contribution in [2.45, 2.75) is 55.2 Å². The van der Waals surface area contributed by atoms with Crippen molar-refractivity contribution in [1.82, 2.24) is 4.72 Å². The molecule has 178 valence electrons. The molecule has 1 saturated carbocycles. The van der Waals surface area contributed by atoms with E-state index >= 15 is 0 Å². The van der Waals surface area contributed by atoms with Crippen molar-refractivity contribution in [3.63, 3.8) is 0 Å². The van der Waals surface area contributed by atoms with Crippen molar-refractivity contribution in [1.29, 1.82) is 0 Å². The van der Waals surface area contributed by atoms with Gasteiger partial charge in [0.25, 0.3) is 0 Å². The van der Waals surface area contributed by atoms with Crippen molar-refractivity contribution in [3.8, 4) is 0 Å². The zero-order chi connectivity index (χ0) is 23.7. The highest BCUT2D eigenvalue weighted by Gasteiger charge is 2.39. The molecular weight excluding hydrogens is 466 g/mol. The van der Waals surface area contributed by atoms with Crippen molar-refractivity contribution in [2.75, 3.05) is 11.9 Å². The van der Waals surface area contributed by atoms with Crippen LogP contribution in [-0.2, 0) is 22.8 Å². The molecule has 3 aromatic rings. The lowest BCUT2D eigenvalue weighted by Gasteiger charge is -2.43. The number of aliphatic hydroxyl groups is 1. The van der Waals surface area contributed by atoms with Crippen LogP contribution >= 0.6 is 11.6 Å². The Bertz CT molecular complexity index is 1240. The largest absolute Gasteiger partial charge is 0.389 e. The van der Waals surface area contributed by atoms with Gasteiger partial charge < -0.3 is 10.0 Å². The normalized spacial score (nSPS) is 23.9. The first-order chi connectivity index (χ1) is 16.5. The number of nitrogens with one attached hydrogen (secondary N) is 1. The molecule has 0 amide bonds. The fourth-order valence-corrected chi connectivity index (χ4v) is 7.04. The summed E-state index contributed by atoms with van der Waals surface area (Å²) in [5.41, 5.74) is 4.87. The Balaban J connectivity index is 1.50. The minimum atomic E-state index is -2.90. The van der Waals surface area contributed by atoms with Crippen molar-refractivity contribution >= 4 is 32.9 Å². The molecule has 1 aliphatic carbocycles. The van der Waals surface area contributed by atoms with Gasteiger partial charge in [0, 0.05) is 29.5 Å². The fraction of sp³-hybridized carbons (Fsp3) is 0.333. The molecule has 5 rings (SSSR count). The van der Waals surface area contributed by atoms with E-state index in [1.54, 1.807) is 31.3 Å². The number of nitrogens with zero attached hydrogens (tertiary/aromatic N) is 2. The summed E-state index contributed by atoms with van der Waals surface area (Å²) < 4.78 is 21.2. The molecule has 2 N–H and O–H groups in total. The van der Waals surface area contributed by atoms with Gasteiger partial charge in [-0.3, -0.25) is 0 Å². The molecule has 1 heterocycles. The first-order valence-electron chi connectivity index (χ1n) is 11.8. The number of aryl methyl sites for hydroxylation is 2. The van der Waals surface area contributed by atoms with Crippen LogP contribution in [0.4, 0.5) is 11.4 Å². The molecule has 1 fully saturated rings. The summed E-state index contributed by atoms with van der Waals surface area (Å²) in [5.74, 6) is 0. The molecule has 34 heavy (non-hydrogen) atoms. The van der Waals surface area contributed by atoms with Crippen LogP contribution in [0.3, 0.4) is 0 Å². The van der Waals surface area contributed by atoms with E-state index in [4.69, 9.17) is 11.6 Å². The Morgan fingerprint density at radius 1 is 0.941 bits per heavy atom. The van der Waals surface area contributed by atoms with Crippen LogP contribution in [0.1, 0.15) is 30.4 Å². The van der Waals surface area contributed by atoms with E-state index in [1.807, 2.05) is 0 Å². The van der Waals surface area contributed by atoms with E-state index in [0.717, 1.165) is 43.5 Å². The quantitative estimate of drug-likeness (QED) is 0.501. The molecule has 3 aromatic carbocycles. The first-order valence-corrected chi connectivity index (χ1v) is 13.7. The van der Waals surface area contributed by atoms with Gasteiger partial charge in [-0.15, -0.1) is 0 Å². The Labute approximate surface area is 207 Å². The second-order valence-corrected chi connectivity index (χ2v) is 11.6. The lowest BCUT2D eigenvalue weighted by molar-refractivity contribution is 0.0816. The molecule has 0 bridgehead atoms. The second-order valence-electron chi connectivity index (χ2n) is 9.00. The minimum Gasteiger partial charge on any atom is -0.389 e. The van der Waals surface area contributed by atoms with Gasteiger partial charge in [-0.05, 0) is 79.6 Å². The Kier molecular flexibility index (Phi) is 6.67. The summed E-state index contributed by atoms with van der Waals surface area (Å²) in [6.45, 7) is 0. The molecule has 4 unspecified atom stereocenters. The predicted molar refractivity (Wildman–Crippen MR) is 139 cm³/mol. The number of halogens is 1. The average molecular weight is 496 g/mol. The van der Waals surface area contributed by atoms with Gasteiger partial charge in [-0.25, -0.2) is 13.3 Å². The molecule has 5 nitrogen and oxygen atoms in total. The van der Waals surface area contributed by atoms with Gasteiger partial charge >= 0.3 is 0 Å². The maximum atomic E-state index is 13.8. The third kappa shape index (κ3) is 4.36. The summed E-state index contributed by atoms with van der Waals surface area (Å²) in [4.78, 5) is 2.89. The first kappa shape index (κ1) is 23.4. The zero-order valence-electron chi connectivity index (χ0n) is 19.2. The zero-order valence-corrected chi connectivity index (χ0v) is 20.8. The monoisotopic (exact) mass is 495 g/mol.